The van der Waals surface area contributed by atoms with Gasteiger partial charge in [0, 0.05) is 12.3 Å². The average molecular weight is 435 g/mol. The fourth-order valence-corrected chi connectivity index (χ4v) is 5.19. The fourth-order valence-electron chi connectivity index (χ4n) is 2.73. The summed E-state index contributed by atoms with van der Waals surface area (Å²) in [5.41, 5.74) is 0.601. The molecule has 152 valence electrons. The van der Waals surface area contributed by atoms with Crippen LogP contribution in [-0.2, 0) is 10.0 Å². The number of nitrogens with zero attached hydrogens (tertiary/aromatic N) is 2. The maximum Gasteiger partial charge on any atom is 0.282 e. The van der Waals surface area contributed by atoms with Crippen molar-refractivity contribution in [3.8, 4) is 16.3 Å². The molecule has 1 aromatic carbocycles. The van der Waals surface area contributed by atoms with Gasteiger partial charge in [0.2, 0.25) is 10.0 Å². The number of amides is 1. The first-order valence-electron chi connectivity index (χ1n) is 8.79. The molecule has 9 heteroatoms. The SMILES string of the molecule is CCCS(=O)(=O)N(C(=O)c1ccc(-c2ccccn2)s1)c1ccc(OC)c(F)c1. The van der Waals surface area contributed by atoms with Crippen LogP contribution < -0.4 is 9.04 Å². The van der Waals surface area contributed by atoms with Gasteiger partial charge < -0.3 is 4.74 Å². The molecule has 29 heavy (non-hydrogen) atoms. The number of halogens is 1. The summed E-state index contributed by atoms with van der Waals surface area (Å²) in [7, 11) is -2.69. The Morgan fingerprint density at radius 3 is 2.62 bits per heavy atom. The molecule has 0 atom stereocenters. The molecule has 0 unspecified atom stereocenters. The van der Waals surface area contributed by atoms with E-state index >= 15 is 0 Å². The molecule has 0 saturated carbocycles. The molecule has 2 heterocycles. The molecule has 0 N–H and O–H groups in total. The third-order valence-electron chi connectivity index (χ3n) is 4.03. The van der Waals surface area contributed by atoms with Crippen molar-refractivity contribution in [2.24, 2.45) is 0 Å². The number of thiophene rings is 1. The molecule has 0 aliphatic carbocycles. The van der Waals surface area contributed by atoms with Crippen LogP contribution >= 0.6 is 11.3 Å². The summed E-state index contributed by atoms with van der Waals surface area (Å²) in [4.78, 5) is 18.3. The van der Waals surface area contributed by atoms with E-state index in [4.69, 9.17) is 4.74 Å². The summed E-state index contributed by atoms with van der Waals surface area (Å²) in [5.74, 6) is -1.78. The quantitative estimate of drug-likeness (QED) is 0.553. The van der Waals surface area contributed by atoms with Gasteiger partial charge in [-0.3, -0.25) is 9.78 Å². The number of hydrogen-bond acceptors (Lipinski definition) is 6. The van der Waals surface area contributed by atoms with E-state index in [0.29, 0.717) is 16.4 Å². The molecule has 0 aliphatic rings. The largest absolute Gasteiger partial charge is 0.494 e. The number of benzene rings is 1. The van der Waals surface area contributed by atoms with E-state index in [1.54, 1.807) is 37.4 Å². The van der Waals surface area contributed by atoms with Gasteiger partial charge in [-0.1, -0.05) is 13.0 Å². The number of anilines is 1. The van der Waals surface area contributed by atoms with E-state index in [-0.39, 0.29) is 22.1 Å². The Kier molecular flexibility index (Phi) is 6.29. The second-order valence-electron chi connectivity index (χ2n) is 6.08. The predicted molar refractivity (Wildman–Crippen MR) is 111 cm³/mol. The molecule has 0 bridgehead atoms. The number of pyridine rings is 1. The number of methoxy groups -OCH3 is 1. The smallest absolute Gasteiger partial charge is 0.282 e. The molecule has 2 aromatic heterocycles. The Morgan fingerprint density at radius 1 is 1.21 bits per heavy atom. The molecular weight excluding hydrogens is 415 g/mol. The number of ether oxygens (including phenoxy) is 1. The highest BCUT2D eigenvalue weighted by Crippen LogP contribution is 2.31. The lowest BCUT2D eigenvalue weighted by molar-refractivity contribution is 0.101. The number of hydrogen-bond donors (Lipinski definition) is 0. The maximum absolute atomic E-state index is 14.2. The van der Waals surface area contributed by atoms with Gasteiger partial charge in [-0.15, -0.1) is 11.3 Å². The predicted octanol–water partition coefficient (Wildman–Crippen LogP) is 4.34. The van der Waals surface area contributed by atoms with E-state index in [0.717, 1.165) is 22.3 Å². The maximum atomic E-state index is 14.2. The van der Waals surface area contributed by atoms with Crippen molar-refractivity contribution in [3.63, 3.8) is 0 Å². The highest BCUT2D eigenvalue weighted by Gasteiger charge is 2.31. The van der Waals surface area contributed by atoms with Crippen LogP contribution in [0.3, 0.4) is 0 Å². The average Bonchev–Trinajstić information content (AvgIpc) is 3.19. The van der Waals surface area contributed by atoms with Crippen LogP contribution in [0.4, 0.5) is 10.1 Å². The number of rotatable bonds is 7. The second kappa shape index (κ2) is 8.71. The van der Waals surface area contributed by atoms with Gasteiger partial charge in [0.25, 0.3) is 5.91 Å². The zero-order valence-corrected chi connectivity index (χ0v) is 17.5. The summed E-state index contributed by atoms with van der Waals surface area (Å²) in [6, 6.07) is 12.3. The molecule has 0 saturated heterocycles. The summed E-state index contributed by atoms with van der Waals surface area (Å²) >= 11 is 1.13. The molecular formula is C20H19FN2O4S2. The van der Waals surface area contributed by atoms with Gasteiger partial charge in [-0.25, -0.2) is 17.1 Å². The van der Waals surface area contributed by atoms with Crippen LogP contribution in [0.25, 0.3) is 10.6 Å². The van der Waals surface area contributed by atoms with Crippen molar-refractivity contribution in [2.45, 2.75) is 13.3 Å². The lowest BCUT2D eigenvalue weighted by Gasteiger charge is -2.22. The summed E-state index contributed by atoms with van der Waals surface area (Å²) in [5, 5.41) is 0. The third-order valence-corrected chi connectivity index (χ3v) is 6.98. The minimum Gasteiger partial charge on any atom is -0.494 e. The van der Waals surface area contributed by atoms with Gasteiger partial charge in [0.15, 0.2) is 11.6 Å². The topological polar surface area (TPSA) is 76.6 Å². The van der Waals surface area contributed by atoms with Crippen molar-refractivity contribution in [1.29, 1.82) is 0 Å². The van der Waals surface area contributed by atoms with E-state index in [1.165, 1.54) is 19.2 Å². The Bertz CT molecular complexity index is 1110. The van der Waals surface area contributed by atoms with Crippen molar-refractivity contribution >= 4 is 33.0 Å². The van der Waals surface area contributed by atoms with Crippen LogP contribution in [0.1, 0.15) is 23.0 Å². The van der Waals surface area contributed by atoms with Crippen molar-refractivity contribution in [2.75, 3.05) is 17.2 Å². The van der Waals surface area contributed by atoms with E-state index in [2.05, 4.69) is 4.98 Å². The van der Waals surface area contributed by atoms with Crippen molar-refractivity contribution in [3.05, 3.63) is 65.4 Å². The van der Waals surface area contributed by atoms with Gasteiger partial charge >= 0.3 is 0 Å². The van der Waals surface area contributed by atoms with E-state index < -0.39 is 21.7 Å². The minimum absolute atomic E-state index is 0.0393. The Morgan fingerprint density at radius 2 is 2.00 bits per heavy atom. The Balaban J connectivity index is 2.04. The zero-order chi connectivity index (χ0) is 21.0. The highest BCUT2D eigenvalue weighted by atomic mass is 32.2. The monoisotopic (exact) mass is 434 g/mol. The summed E-state index contributed by atoms with van der Waals surface area (Å²) < 4.78 is 45.4. The molecule has 0 radical (unpaired) electrons. The fraction of sp³-hybridized carbons (Fsp3) is 0.200. The molecule has 6 nitrogen and oxygen atoms in total. The highest BCUT2D eigenvalue weighted by molar-refractivity contribution is 7.93. The molecule has 1 amide bonds. The Hall–Kier alpha value is -2.78. The van der Waals surface area contributed by atoms with Crippen LogP contribution in [0, 0.1) is 5.82 Å². The molecule has 0 fully saturated rings. The lowest BCUT2D eigenvalue weighted by atomic mass is 10.2. The lowest BCUT2D eigenvalue weighted by Crippen LogP contribution is -2.38. The molecule has 0 aliphatic heterocycles. The molecule has 0 spiro atoms. The first kappa shape index (κ1) is 20.9. The first-order chi connectivity index (χ1) is 13.9. The second-order valence-corrected chi connectivity index (χ2v) is 9.10. The van der Waals surface area contributed by atoms with Gasteiger partial charge in [-0.2, -0.15) is 0 Å². The number of aromatic nitrogens is 1. The van der Waals surface area contributed by atoms with Crippen LogP contribution in [0.5, 0.6) is 5.75 Å². The number of carbonyl (C=O) groups excluding carboxylic acids is 1. The van der Waals surface area contributed by atoms with Gasteiger partial charge in [-0.05, 0) is 42.8 Å². The minimum atomic E-state index is -4.00. The standard InChI is InChI=1S/C20H19FN2O4S2/c1-3-12-29(25,26)23(14-7-8-17(27-2)15(21)13-14)20(24)19-10-9-18(28-19)16-6-4-5-11-22-16/h4-11,13H,3,12H2,1-2H3. The Labute approximate surface area is 172 Å². The van der Waals surface area contributed by atoms with Gasteiger partial charge in [0.1, 0.15) is 0 Å². The summed E-state index contributed by atoms with van der Waals surface area (Å²) in [6.07, 6.45) is 1.95. The van der Waals surface area contributed by atoms with E-state index in [9.17, 15) is 17.6 Å². The molecule has 3 rings (SSSR count). The molecule has 3 aromatic rings. The van der Waals surface area contributed by atoms with Crippen molar-refractivity contribution in [1.82, 2.24) is 4.98 Å². The van der Waals surface area contributed by atoms with Gasteiger partial charge in [0.05, 0.1) is 34.0 Å². The van der Waals surface area contributed by atoms with Crippen LogP contribution in [-0.4, -0.2) is 32.2 Å². The number of carbonyl (C=O) groups is 1. The van der Waals surface area contributed by atoms with E-state index in [1.807, 2.05) is 6.07 Å². The zero-order valence-electron chi connectivity index (χ0n) is 15.8. The first-order valence-corrected chi connectivity index (χ1v) is 11.2. The van der Waals surface area contributed by atoms with Crippen LogP contribution in [0.15, 0.2) is 54.7 Å². The van der Waals surface area contributed by atoms with Crippen LogP contribution in [0.2, 0.25) is 0 Å². The van der Waals surface area contributed by atoms with Crippen molar-refractivity contribution < 1.29 is 22.3 Å². The third kappa shape index (κ3) is 4.46. The summed E-state index contributed by atoms with van der Waals surface area (Å²) in [6.45, 7) is 1.69. The normalized spacial score (nSPS) is 11.3. The number of sulfonamides is 1.